The molecule has 2 aromatic rings. The van der Waals surface area contributed by atoms with Crippen molar-refractivity contribution < 1.29 is 19.0 Å². The molecule has 0 bridgehead atoms. The van der Waals surface area contributed by atoms with E-state index in [9.17, 15) is 4.79 Å². The van der Waals surface area contributed by atoms with Crippen LogP contribution in [0.4, 0.5) is 5.69 Å². The second-order valence-corrected chi connectivity index (χ2v) is 6.70. The number of halogens is 1. The summed E-state index contributed by atoms with van der Waals surface area (Å²) in [6.45, 7) is 4.46. The minimum atomic E-state index is 0. The van der Waals surface area contributed by atoms with Gasteiger partial charge in [-0.1, -0.05) is 19.1 Å². The molecule has 2 heterocycles. The number of hydrogen-bond acceptors (Lipinski definition) is 5. The number of amides is 1. The molecule has 0 saturated carbocycles. The van der Waals surface area contributed by atoms with Gasteiger partial charge in [-0.05, 0) is 48.8 Å². The van der Waals surface area contributed by atoms with E-state index in [1.807, 2.05) is 49.4 Å². The Hall–Kier alpha value is -2.44. The zero-order chi connectivity index (χ0) is 17.9. The lowest BCUT2D eigenvalue weighted by Crippen LogP contribution is -2.48. The third-order valence-corrected chi connectivity index (χ3v) is 4.88. The first kappa shape index (κ1) is 19.3. The van der Waals surface area contributed by atoms with Crippen LogP contribution in [-0.4, -0.2) is 25.8 Å². The molecular formula is C20H23ClN2O4. The first-order valence-corrected chi connectivity index (χ1v) is 8.82. The van der Waals surface area contributed by atoms with Gasteiger partial charge >= 0.3 is 0 Å². The Morgan fingerprint density at radius 3 is 2.81 bits per heavy atom. The van der Waals surface area contributed by atoms with Gasteiger partial charge in [-0.2, -0.15) is 0 Å². The maximum atomic E-state index is 12.3. The van der Waals surface area contributed by atoms with Crippen LogP contribution in [0.25, 0.3) is 0 Å². The standard InChI is InChI=1S/C20H22N2O4.ClH/c1-13(15-9-21-10-15)20(23)22-16-4-2-3-14(7-16)11-24-17-5-6-18-19(8-17)26-12-25-18;/h2-8,13,15,21H,9-12H2,1H3,(H,22,23);1H. The summed E-state index contributed by atoms with van der Waals surface area (Å²) in [4.78, 5) is 12.3. The van der Waals surface area contributed by atoms with Crippen molar-refractivity contribution in [2.45, 2.75) is 13.5 Å². The summed E-state index contributed by atoms with van der Waals surface area (Å²) < 4.78 is 16.5. The van der Waals surface area contributed by atoms with E-state index in [1.165, 1.54) is 0 Å². The van der Waals surface area contributed by atoms with E-state index in [0.717, 1.165) is 35.8 Å². The molecule has 2 aliphatic rings. The molecule has 27 heavy (non-hydrogen) atoms. The van der Waals surface area contributed by atoms with Gasteiger partial charge in [-0.25, -0.2) is 0 Å². The lowest BCUT2D eigenvalue weighted by molar-refractivity contribution is -0.121. The highest BCUT2D eigenvalue weighted by Crippen LogP contribution is 2.35. The Morgan fingerprint density at radius 1 is 1.22 bits per heavy atom. The van der Waals surface area contributed by atoms with E-state index in [1.54, 1.807) is 0 Å². The monoisotopic (exact) mass is 390 g/mol. The van der Waals surface area contributed by atoms with Crippen molar-refractivity contribution in [3.05, 3.63) is 48.0 Å². The highest BCUT2D eigenvalue weighted by Gasteiger charge is 2.28. The van der Waals surface area contributed by atoms with Crippen LogP contribution in [0.1, 0.15) is 12.5 Å². The van der Waals surface area contributed by atoms with Crippen LogP contribution < -0.4 is 24.8 Å². The molecule has 0 spiro atoms. The van der Waals surface area contributed by atoms with E-state index in [-0.39, 0.29) is 31.0 Å². The molecule has 2 N–H and O–H groups in total. The van der Waals surface area contributed by atoms with Crippen molar-refractivity contribution in [3.63, 3.8) is 0 Å². The normalized spacial score (nSPS) is 16.0. The SMILES string of the molecule is CC(C(=O)Nc1cccc(COc2ccc3c(c2)OCO3)c1)C1CNC1.Cl. The molecule has 4 rings (SSSR count). The predicted molar refractivity (Wildman–Crippen MR) is 105 cm³/mol. The van der Waals surface area contributed by atoms with Crippen LogP contribution in [0.15, 0.2) is 42.5 Å². The van der Waals surface area contributed by atoms with Gasteiger partial charge in [0.2, 0.25) is 12.7 Å². The number of hydrogen-bond donors (Lipinski definition) is 2. The average Bonchev–Trinajstić information content (AvgIpc) is 3.06. The van der Waals surface area contributed by atoms with E-state index in [0.29, 0.717) is 18.3 Å². The maximum Gasteiger partial charge on any atom is 0.231 e. The number of anilines is 1. The van der Waals surface area contributed by atoms with Gasteiger partial charge in [0.15, 0.2) is 11.5 Å². The second kappa shape index (κ2) is 8.50. The first-order valence-electron chi connectivity index (χ1n) is 8.82. The molecule has 1 saturated heterocycles. The minimum Gasteiger partial charge on any atom is -0.489 e. The van der Waals surface area contributed by atoms with Crippen molar-refractivity contribution in [1.29, 1.82) is 0 Å². The molecule has 6 nitrogen and oxygen atoms in total. The molecule has 2 aromatic carbocycles. The van der Waals surface area contributed by atoms with Crippen LogP contribution in [0.5, 0.6) is 17.2 Å². The summed E-state index contributed by atoms with van der Waals surface area (Å²) >= 11 is 0. The Labute approximate surface area is 164 Å². The van der Waals surface area contributed by atoms with Crippen LogP contribution in [-0.2, 0) is 11.4 Å². The minimum absolute atomic E-state index is 0. The number of rotatable bonds is 6. The third-order valence-electron chi connectivity index (χ3n) is 4.88. The van der Waals surface area contributed by atoms with Gasteiger partial charge < -0.3 is 24.8 Å². The largest absolute Gasteiger partial charge is 0.489 e. The van der Waals surface area contributed by atoms with E-state index in [4.69, 9.17) is 14.2 Å². The van der Waals surface area contributed by atoms with Gasteiger partial charge in [0.05, 0.1) is 0 Å². The average molecular weight is 391 g/mol. The molecule has 7 heteroatoms. The van der Waals surface area contributed by atoms with Gasteiger partial charge in [-0.15, -0.1) is 12.4 Å². The number of carbonyl (C=O) groups is 1. The van der Waals surface area contributed by atoms with Crippen LogP contribution in [0.2, 0.25) is 0 Å². The quantitative estimate of drug-likeness (QED) is 0.792. The highest BCUT2D eigenvalue weighted by atomic mass is 35.5. The molecule has 1 amide bonds. The van der Waals surface area contributed by atoms with Gasteiger partial charge in [-0.3, -0.25) is 4.79 Å². The summed E-state index contributed by atoms with van der Waals surface area (Å²) in [6, 6.07) is 13.2. The fraction of sp³-hybridized carbons (Fsp3) is 0.350. The molecule has 1 atom stereocenters. The lowest BCUT2D eigenvalue weighted by atomic mass is 9.88. The van der Waals surface area contributed by atoms with Crippen molar-refractivity contribution >= 4 is 24.0 Å². The predicted octanol–water partition coefficient (Wildman–Crippen LogP) is 3.21. The summed E-state index contributed by atoms with van der Waals surface area (Å²) in [6.07, 6.45) is 0. The van der Waals surface area contributed by atoms with Gasteiger partial charge in [0, 0.05) is 17.7 Å². The molecule has 0 radical (unpaired) electrons. The molecule has 1 fully saturated rings. The third kappa shape index (κ3) is 4.46. The number of fused-ring (bicyclic) bond motifs is 1. The Bertz CT molecular complexity index is 810. The lowest BCUT2D eigenvalue weighted by Gasteiger charge is -2.31. The number of benzene rings is 2. The molecule has 0 aromatic heterocycles. The zero-order valence-corrected chi connectivity index (χ0v) is 15.9. The highest BCUT2D eigenvalue weighted by molar-refractivity contribution is 5.92. The number of ether oxygens (including phenoxy) is 3. The molecule has 2 aliphatic heterocycles. The van der Waals surface area contributed by atoms with Crippen LogP contribution in [0, 0.1) is 11.8 Å². The topological polar surface area (TPSA) is 68.8 Å². The molecule has 0 aliphatic carbocycles. The summed E-state index contributed by atoms with van der Waals surface area (Å²) in [7, 11) is 0. The molecule has 144 valence electrons. The van der Waals surface area contributed by atoms with Crippen molar-refractivity contribution in [3.8, 4) is 17.2 Å². The van der Waals surface area contributed by atoms with E-state index < -0.39 is 0 Å². The molecule has 1 unspecified atom stereocenters. The summed E-state index contributed by atoms with van der Waals surface area (Å²) in [5, 5.41) is 6.21. The Morgan fingerprint density at radius 2 is 2.04 bits per heavy atom. The van der Waals surface area contributed by atoms with Crippen molar-refractivity contribution in [2.24, 2.45) is 11.8 Å². The van der Waals surface area contributed by atoms with Crippen LogP contribution >= 0.6 is 12.4 Å². The van der Waals surface area contributed by atoms with Crippen LogP contribution in [0.3, 0.4) is 0 Å². The van der Waals surface area contributed by atoms with Crippen molar-refractivity contribution in [2.75, 3.05) is 25.2 Å². The Kier molecular flexibility index (Phi) is 6.08. The molecular weight excluding hydrogens is 368 g/mol. The number of nitrogens with one attached hydrogen (secondary N) is 2. The number of carbonyl (C=O) groups excluding carboxylic acids is 1. The van der Waals surface area contributed by atoms with Crippen molar-refractivity contribution in [1.82, 2.24) is 5.32 Å². The maximum absolute atomic E-state index is 12.3. The zero-order valence-electron chi connectivity index (χ0n) is 15.1. The fourth-order valence-electron chi connectivity index (χ4n) is 3.01. The fourth-order valence-corrected chi connectivity index (χ4v) is 3.01. The second-order valence-electron chi connectivity index (χ2n) is 6.70. The summed E-state index contributed by atoms with van der Waals surface area (Å²) in [5.74, 6) is 2.64. The Balaban J connectivity index is 0.00000210. The van der Waals surface area contributed by atoms with E-state index >= 15 is 0 Å². The first-order chi connectivity index (χ1) is 12.7. The summed E-state index contributed by atoms with van der Waals surface area (Å²) in [5.41, 5.74) is 1.78. The van der Waals surface area contributed by atoms with Gasteiger partial charge in [0.25, 0.3) is 0 Å². The van der Waals surface area contributed by atoms with Gasteiger partial charge in [0.1, 0.15) is 12.4 Å². The smallest absolute Gasteiger partial charge is 0.231 e. The van der Waals surface area contributed by atoms with E-state index in [2.05, 4.69) is 10.6 Å².